The lowest BCUT2D eigenvalue weighted by Gasteiger charge is -2.32. The maximum absolute atomic E-state index is 10.6. The SMILES string of the molecule is CC[C@@H]1S[C@@H](C)CC(=NNC(N)=O)[C@H]1C. The fourth-order valence-electron chi connectivity index (χ4n) is 1.88. The van der Waals surface area contributed by atoms with Gasteiger partial charge in [0.2, 0.25) is 0 Å². The first-order valence-corrected chi connectivity index (χ1v) is 6.26. The molecule has 1 heterocycles. The van der Waals surface area contributed by atoms with Crippen LogP contribution in [-0.2, 0) is 0 Å². The second-order valence-corrected chi connectivity index (χ2v) is 5.65. The van der Waals surface area contributed by atoms with E-state index in [1.54, 1.807) is 0 Å². The van der Waals surface area contributed by atoms with Gasteiger partial charge in [0.25, 0.3) is 0 Å². The van der Waals surface area contributed by atoms with Crippen LogP contribution < -0.4 is 11.2 Å². The van der Waals surface area contributed by atoms with Crippen molar-refractivity contribution < 1.29 is 4.79 Å². The minimum absolute atomic E-state index is 0.419. The molecule has 0 aromatic heterocycles. The van der Waals surface area contributed by atoms with Crippen molar-refractivity contribution in [2.75, 3.05) is 0 Å². The number of thioether (sulfide) groups is 1. The van der Waals surface area contributed by atoms with Gasteiger partial charge in [-0.2, -0.15) is 16.9 Å². The molecule has 2 amide bonds. The Morgan fingerprint density at radius 1 is 1.67 bits per heavy atom. The summed E-state index contributed by atoms with van der Waals surface area (Å²) in [7, 11) is 0. The van der Waals surface area contributed by atoms with Gasteiger partial charge in [-0.1, -0.05) is 20.8 Å². The number of primary amides is 1. The molecule has 86 valence electrons. The van der Waals surface area contributed by atoms with Crippen LogP contribution in [0.4, 0.5) is 4.79 Å². The molecule has 0 radical (unpaired) electrons. The Labute approximate surface area is 95.1 Å². The van der Waals surface area contributed by atoms with E-state index in [-0.39, 0.29) is 0 Å². The van der Waals surface area contributed by atoms with Crippen molar-refractivity contribution in [3.05, 3.63) is 0 Å². The zero-order chi connectivity index (χ0) is 11.4. The van der Waals surface area contributed by atoms with Crippen LogP contribution in [0, 0.1) is 5.92 Å². The van der Waals surface area contributed by atoms with Crippen molar-refractivity contribution in [2.24, 2.45) is 16.8 Å². The summed E-state index contributed by atoms with van der Waals surface area (Å²) in [6.45, 7) is 6.54. The largest absolute Gasteiger partial charge is 0.350 e. The fraction of sp³-hybridized carbons (Fsp3) is 0.800. The maximum atomic E-state index is 10.6. The van der Waals surface area contributed by atoms with Crippen molar-refractivity contribution >= 4 is 23.5 Å². The summed E-state index contributed by atoms with van der Waals surface area (Å²) >= 11 is 2.01. The molecule has 0 aromatic carbocycles. The second-order valence-electron chi connectivity index (χ2n) is 3.97. The lowest BCUT2D eigenvalue weighted by Crippen LogP contribution is -2.35. The topological polar surface area (TPSA) is 67.5 Å². The van der Waals surface area contributed by atoms with E-state index in [1.807, 2.05) is 11.8 Å². The van der Waals surface area contributed by atoms with E-state index >= 15 is 0 Å². The van der Waals surface area contributed by atoms with E-state index < -0.39 is 6.03 Å². The van der Waals surface area contributed by atoms with Gasteiger partial charge in [0.1, 0.15) is 0 Å². The fourth-order valence-corrected chi connectivity index (χ4v) is 3.33. The van der Waals surface area contributed by atoms with E-state index in [1.165, 1.54) is 0 Å². The smallest absolute Gasteiger partial charge is 0.332 e. The van der Waals surface area contributed by atoms with Gasteiger partial charge in [-0.15, -0.1) is 0 Å². The average Bonchev–Trinajstić information content (AvgIpc) is 2.18. The summed E-state index contributed by atoms with van der Waals surface area (Å²) in [5, 5.41) is 5.26. The molecule has 0 aromatic rings. The van der Waals surface area contributed by atoms with Crippen LogP contribution in [0.1, 0.15) is 33.6 Å². The first kappa shape index (κ1) is 12.4. The molecule has 0 aliphatic carbocycles. The standard InChI is InChI=1S/C10H19N3OS/c1-4-9-7(3)8(5-6(2)15-9)12-13-10(11)14/h6-7,9H,4-5H2,1-3H3,(H3,11,13,14)/t6-,7+,9-/m0/s1. The van der Waals surface area contributed by atoms with Gasteiger partial charge in [0.15, 0.2) is 0 Å². The molecule has 1 aliphatic heterocycles. The zero-order valence-corrected chi connectivity index (χ0v) is 10.3. The van der Waals surface area contributed by atoms with Crippen LogP contribution in [0.15, 0.2) is 5.10 Å². The molecular formula is C10H19N3OS. The van der Waals surface area contributed by atoms with Gasteiger partial charge in [-0.3, -0.25) is 0 Å². The van der Waals surface area contributed by atoms with Gasteiger partial charge in [0.05, 0.1) is 0 Å². The minimum Gasteiger partial charge on any atom is -0.350 e. The van der Waals surface area contributed by atoms with E-state index in [4.69, 9.17) is 5.73 Å². The zero-order valence-electron chi connectivity index (χ0n) is 9.49. The number of nitrogens with zero attached hydrogens (tertiary/aromatic N) is 1. The Balaban J connectivity index is 2.69. The number of carbonyl (C=O) groups is 1. The number of rotatable bonds is 2. The molecule has 1 aliphatic rings. The molecule has 5 heteroatoms. The van der Waals surface area contributed by atoms with Crippen molar-refractivity contribution in [3.63, 3.8) is 0 Å². The molecule has 3 atom stereocenters. The van der Waals surface area contributed by atoms with Gasteiger partial charge < -0.3 is 5.73 Å². The number of hydrazone groups is 1. The van der Waals surface area contributed by atoms with Gasteiger partial charge in [-0.25, -0.2) is 10.2 Å². The third-order valence-corrected chi connectivity index (χ3v) is 4.42. The first-order valence-electron chi connectivity index (χ1n) is 5.32. The van der Waals surface area contributed by atoms with Crippen molar-refractivity contribution in [2.45, 2.75) is 44.1 Å². The summed E-state index contributed by atoms with van der Waals surface area (Å²) in [5.41, 5.74) is 8.38. The molecule has 15 heavy (non-hydrogen) atoms. The highest BCUT2D eigenvalue weighted by atomic mass is 32.2. The number of hydrogen-bond donors (Lipinski definition) is 2. The summed E-state index contributed by atoms with van der Waals surface area (Å²) in [5.74, 6) is 0.419. The second kappa shape index (κ2) is 5.39. The number of nitrogens with two attached hydrogens (primary N) is 1. The summed E-state index contributed by atoms with van der Waals surface area (Å²) in [6, 6.07) is -0.589. The molecule has 0 unspecified atom stereocenters. The Morgan fingerprint density at radius 3 is 2.87 bits per heavy atom. The third kappa shape index (κ3) is 3.41. The van der Waals surface area contributed by atoms with Crippen LogP contribution in [0.2, 0.25) is 0 Å². The van der Waals surface area contributed by atoms with E-state index in [0.29, 0.717) is 16.4 Å². The number of amides is 2. The Morgan fingerprint density at radius 2 is 2.33 bits per heavy atom. The van der Waals surface area contributed by atoms with Crippen LogP contribution >= 0.6 is 11.8 Å². The van der Waals surface area contributed by atoms with E-state index in [0.717, 1.165) is 18.6 Å². The van der Waals surface area contributed by atoms with Crippen molar-refractivity contribution in [3.8, 4) is 0 Å². The quantitative estimate of drug-likeness (QED) is 0.711. The average molecular weight is 229 g/mol. The molecular weight excluding hydrogens is 210 g/mol. The molecule has 1 fully saturated rings. The third-order valence-electron chi connectivity index (χ3n) is 2.70. The Bertz CT molecular complexity index is 267. The molecule has 1 rings (SSSR count). The minimum atomic E-state index is -0.589. The highest BCUT2D eigenvalue weighted by Gasteiger charge is 2.29. The van der Waals surface area contributed by atoms with Crippen molar-refractivity contribution in [1.82, 2.24) is 5.43 Å². The highest BCUT2D eigenvalue weighted by molar-refractivity contribution is 8.00. The van der Waals surface area contributed by atoms with Crippen molar-refractivity contribution in [1.29, 1.82) is 0 Å². The number of hydrogen-bond acceptors (Lipinski definition) is 3. The molecule has 4 nitrogen and oxygen atoms in total. The van der Waals surface area contributed by atoms with Gasteiger partial charge >= 0.3 is 6.03 Å². The molecule has 0 saturated carbocycles. The monoisotopic (exact) mass is 229 g/mol. The summed E-state index contributed by atoms with van der Waals surface area (Å²) in [6.07, 6.45) is 2.06. The van der Waals surface area contributed by atoms with Gasteiger partial charge in [0, 0.05) is 22.1 Å². The lowest BCUT2D eigenvalue weighted by atomic mass is 9.95. The number of carbonyl (C=O) groups excluding carboxylic acids is 1. The highest BCUT2D eigenvalue weighted by Crippen LogP contribution is 2.35. The molecule has 1 saturated heterocycles. The lowest BCUT2D eigenvalue weighted by molar-refractivity contribution is 0.249. The van der Waals surface area contributed by atoms with Gasteiger partial charge in [-0.05, 0) is 12.8 Å². The normalized spacial score (nSPS) is 34.1. The maximum Gasteiger partial charge on any atom is 0.332 e. The van der Waals surface area contributed by atoms with Crippen LogP contribution in [-0.4, -0.2) is 22.2 Å². The predicted molar refractivity (Wildman–Crippen MR) is 65.1 cm³/mol. The predicted octanol–water partition coefficient (Wildman–Crippen LogP) is 1.95. The van der Waals surface area contributed by atoms with E-state index in [9.17, 15) is 4.79 Å². The molecule has 3 N–H and O–H groups in total. The molecule has 0 bridgehead atoms. The number of urea groups is 1. The van der Waals surface area contributed by atoms with Crippen LogP contribution in [0.25, 0.3) is 0 Å². The summed E-state index contributed by atoms with van der Waals surface area (Å²) < 4.78 is 0. The van der Waals surface area contributed by atoms with Crippen LogP contribution in [0.3, 0.4) is 0 Å². The number of nitrogens with one attached hydrogen (secondary N) is 1. The Kier molecular flexibility index (Phi) is 4.45. The Hall–Kier alpha value is -0.710. The first-order chi connectivity index (χ1) is 7.04. The summed E-state index contributed by atoms with van der Waals surface area (Å²) in [4.78, 5) is 10.6. The molecule has 0 spiro atoms. The van der Waals surface area contributed by atoms with E-state index in [2.05, 4.69) is 31.3 Å². The van der Waals surface area contributed by atoms with Crippen LogP contribution in [0.5, 0.6) is 0 Å².